The van der Waals surface area contributed by atoms with Crippen LogP contribution >= 0.6 is 0 Å². The average Bonchev–Trinajstić information content (AvgIpc) is 2.87. The van der Waals surface area contributed by atoms with E-state index in [1.807, 2.05) is 36.4 Å². The van der Waals surface area contributed by atoms with Crippen LogP contribution in [-0.2, 0) is 6.54 Å². The van der Waals surface area contributed by atoms with Crippen LogP contribution in [-0.4, -0.2) is 48.2 Å². The number of hydrogen-bond donors (Lipinski definition) is 1. The van der Waals surface area contributed by atoms with Gasteiger partial charge in [-0.1, -0.05) is 72.8 Å². The van der Waals surface area contributed by atoms with Crippen LogP contribution in [0.25, 0.3) is 10.8 Å². The van der Waals surface area contributed by atoms with Crippen LogP contribution in [0.4, 0.5) is 0 Å². The van der Waals surface area contributed by atoms with Gasteiger partial charge >= 0.3 is 0 Å². The maximum Gasteiger partial charge on any atom is 0.121 e. The van der Waals surface area contributed by atoms with E-state index in [0.29, 0.717) is 5.75 Å². The third kappa shape index (κ3) is 4.58. The fourth-order valence-electron chi connectivity index (χ4n) is 4.94. The van der Waals surface area contributed by atoms with Gasteiger partial charge in [-0.2, -0.15) is 0 Å². The van der Waals surface area contributed by atoms with Gasteiger partial charge in [0.1, 0.15) is 11.5 Å². The Hall–Kier alpha value is -3.34. The first kappa shape index (κ1) is 21.5. The van der Waals surface area contributed by atoms with Gasteiger partial charge in [0.05, 0.1) is 13.2 Å². The zero-order valence-electron chi connectivity index (χ0n) is 19.0. The van der Waals surface area contributed by atoms with Crippen molar-refractivity contribution in [3.63, 3.8) is 0 Å². The lowest BCUT2D eigenvalue weighted by molar-refractivity contribution is 0.104. The van der Waals surface area contributed by atoms with Crippen molar-refractivity contribution in [1.29, 1.82) is 0 Å². The van der Waals surface area contributed by atoms with Crippen LogP contribution in [0.5, 0.6) is 11.5 Å². The number of rotatable bonds is 6. The quantitative estimate of drug-likeness (QED) is 0.434. The van der Waals surface area contributed by atoms with Gasteiger partial charge in [0.2, 0.25) is 0 Å². The van der Waals surface area contributed by atoms with Gasteiger partial charge in [-0.15, -0.1) is 0 Å². The van der Waals surface area contributed by atoms with Crippen LogP contribution in [0.15, 0.2) is 91.0 Å². The molecule has 1 saturated heterocycles. The molecule has 5 rings (SSSR count). The molecule has 4 heteroatoms. The summed E-state index contributed by atoms with van der Waals surface area (Å²) >= 11 is 0. The number of aromatic hydroxyl groups is 1. The summed E-state index contributed by atoms with van der Waals surface area (Å²) in [4.78, 5) is 5.02. The second-order valence-electron chi connectivity index (χ2n) is 8.69. The molecule has 0 saturated carbocycles. The monoisotopic (exact) mass is 438 g/mol. The summed E-state index contributed by atoms with van der Waals surface area (Å²) in [6, 6.07) is 31.1. The second kappa shape index (κ2) is 9.65. The van der Waals surface area contributed by atoms with Crippen LogP contribution in [0.3, 0.4) is 0 Å². The van der Waals surface area contributed by atoms with Crippen molar-refractivity contribution in [3.05, 3.63) is 108 Å². The highest BCUT2D eigenvalue weighted by Crippen LogP contribution is 2.40. The molecular formula is C29H30N2O2. The number of phenols is 1. The summed E-state index contributed by atoms with van der Waals surface area (Å²) in [7, 11) is 1.69. The minimum Gasteiger partial charge on any atom is -0.508 e. The Balaban J connectivity index is 1.48. The zero-order valence-corrected chi connectivity index (χ0v) is 19.0. The molecule has 0 aromatic heterocycles. The SMILES string of the molecule is COc1ccc(C(c2c(O)ccc3ccccc23)N2CCN(Cc3ccccc3)CC2)cc1. The molecule has 0 aliphatic carbocycles. The fraction of sp³-hybridized carbons (Fsp3) is 0.241. The van der Waals surface area contributed by atoms with Crippen molar-refractivity contribution >= 4 is 10.8 Å². The normalized spacial score (nSPS) is 16.0. The molecule has 0 spiro atoms. The molecule has 168 valence electrons. The number of nitrogens with zero attached hydrogens (tertiary/aromatic N) is 2. The zero-order chi connectivity index (χ0) is 22.6. The maximum absolute atomic E-state index is 11.1. The predicted molar refractivity (Wildman–Crippen MR) is 134 cm³/mol. The minimum atomic E-state index is -0.0270. The van der Waals surface area contributed by atoms with E-state index in [1.54, 1.807) is 7.11 Å². The first-order valence-electron chi connectivity index (χ1n) is 11.6. The third-order valence-corrected chi connectivity index (χ3v) is 6.67. The van der Waals surface area contributed by atoms with Crippen LogP contribution in [0.1, 0.15) is 22.7 Å². The fourth-order valence-corrected chi connectivity index (χ4v) is 4.94. The standard InChI is InChI=1S/C29H30N2O2/c1-33-25-14-11-24(12-15-25)29(28-26-10-6-5-9-23(26)13-16-27(28)32)31-19-17-30(18-20-31)21-22-7-3-2-4-8-22/h2-16,29,32H,17-21H2,1H3. The van der Waals surface area contributed by atoms with Crippen molar-refractivity contribution in [1.82, 2.24) is 9.80 Å². The Labute approximate surface area is 195 Å². The molecule has 1 heterocycles. The number of piperazine rings is 1. The molecule has 0 radical (unpaired) electrons. The van der Waals surface area contributed by atoms with Gasteiger partial charge in [0.15, 0.2) is 0 Å². The molecule has 1 fully saturated rings. The summed E-state index contributed by atoms with van der Waals surface area (Å²) in [5.74, 6) is 1.19. The summed E-state index contributed by atoms with van der Waals surface area (Å²) in [6.45, 7) is 4.83. The molecule has 1 aliphatic heterocycles. The molecule has 4 aromatic carbocycles. The Morgan fingerprint density at radius 2 is 1.48 bits per heavy atom. The van der Waals surface area contributed by atoms with E-state index in [0.717, 1.165) is 54.8 Å². The number of ether oxygens (including phenoxy) is 1. The van der Waals surface area contributed by atoms with Gasteiger partial charge in [-0.25, -0.2) is 0 Å². The number of phenolic OH excluding ortho intramolecular Hbond substituents is 1. The number of benzene rings is 4. The molecule has 4 nitrogen and oxygen atoms in total. The van der Waals surface area contributed by atoms with E-state index in [9.17, 15) is 5.11 Å². The smallest absolute Gasteiger partial charge is 0.121 e. The molecule has 0 amide bonds. The van der Waals surface area contributed by atoms with Crippen molar-refractivity contribution in [2.75, 3.05) is 33.3 Å². The highest BCUT2D eigenvalue weighted by atomic mass is 16.5. The van der Waals surface area contributed by atoms with E-state index in [1.165, 1.54) is 11.1 Å². The van der Waals surface area contributed by atoms with Gasteiger partial charge in [0, 0.05) is 38.3 Å². The molecule has 1 atom stereocenters. The molecule has 33 heavy (non-hydrogen) atoms. The van der Waals surface area contributed by atoms with Crippen LogP contribution in [0.2, 0.25) is 0 Å². The lowest BCUT2D eigenvalue weighted by Gasteiger charge is -2.40. The molecular weight excluding hydrogens is 408 g/mol. The topological polar surface area (TPSA) is 35.9 Å². The van der Waals surface area contributed by atoms with Crippen LogP contribution < -0.4 is 4.74 Å². The van der Waals surface area contributed by atoms with Crippen LogP contribution in [0, 0.1) is 0 Å². The van der Waals surface area contributed by atoms with Crippen molar-refractivity contribution in [2.45, 2.75) is 12.6 Å². The number of fused-ring (bicyclic) bond motifs is 1. The van der Waals surface area contributed by atoms with E-state index < -0.39 is 0 Å². The van der Waals surface area contributed by atoms with Crippen molar-refractivity contribution in [2.24, 2.45) is 0 Å². The summed E-state index contributed by atoms with van der Waals surface area (Å²) < 4.78 is 5.40. The Morgan fingerprint density at radius 1 is 0.788 bits per heavy atom. The van der Waals surface area contributed by atoms with Crippen molar-refractivity contribution < 1.29 is 9.84 Å². The number of methoxy groups -OCH3 is 1. The molecule has 1 N–H and O–H groups in total. The van der Waals surface area contributed by atoms with Gasteiger partial charge < -0.3 is 9.84 Å². The first-order valence-corrected chi connectivity index (χ1v) is 11.6. The van der Waals surface area contributed by atoms with Gasteiger partial charge in [0.25, 0.3) is 0 Å². The third-order valence-electron chi connectivity index (χ3n) is 6.67. The number of hydrogen-bond acceptors (Lipinski definition) is 4. The lowest BCUT2D eigenvalue weighted by atomic mass is 9.91. The van der Waals surface area contributed by atoms with Gasteiger partial charge in [-0.05, 0) is 40.1 Å². The lowest BCUT2D eigenvalue weighted by Crippen LogP contribution is -2.47. The second-order valence-corrected chi connectivity index (χ2v) is 8.69. The van der Waals surface area contributed by atoms with E-state index in [2.05, 4.69) is 64.4 Å². The van der Waals surface area contributed by atoms with Crippen molar-refractivity contribution in [3.8, 4) is 11.5 Å². The predicted octanol–water partition coefficient (Wildman–Crippen LogP) is 5.46. The molecule has 4 aromatic rings. The Bertz CT molecular complexity index is 1200. The van der Waals surface area contributed by atoms with E-state index in [4.69, 9.17) is 4.74 Å². The van der Waals surface area contributed by atoms with E-state index in [-0.39, 0.29) is 6.04 Å². The maximum atomic E-state index is 11.1. The van der Waals surface area contributed by atoms with Gasteiger partial charge in [-0.3, -0.25) is 9.80 Å². The Kier molecular flexibility index (Phi) is 6.29. The average molecular weight is 439 g/mol. The Morgan fingerprint density at radius 3 is 2.21 bits per heavy atom. The summed E-state index contributed by atoms with van der Waals surface area (Å²) in [5, 5.41) is 13.3. The summed E-state index contributed by atoms with van der Waals surface area (Å²) in [5.41, 5.74) is 3.50. The molecule has 1 unspecified atom stereocenters. The largest absolute Gasteiger partial charge is 0.508 e. The highest BCUT2D eigenvalue weighted by Gasteiger charge is 2.29. The van der Waals surface area contributed by atoms with E-state index >= 15 is 0 Å². The minimum absolute atomic E-state index is 0.0270. The summed E-state index contributed by atoms with van der Waals surface area (Å²) in [6.07, 6.45) is 0. The molecule has 0 bridgehead atoms. The molecule has 1 aliphatic rings. The highest BCUT2D eigenvalue weighted by molar-refractivity contribution is 5.88. The first-order chi connectivity index (χ1) is 16.2.